The highest BCUT2D eigenvalue weighted by Gasteiger charge is 2.30. The lowest BCUT2D eigenvalue weighted by atomic mass is 9.98. The third kappa shape index (κ3) is 6.31. The van der Waals surface area contributed by atoms with E-state index >= 15 is 0 Å². The lowest BCUT2D eigenvalue weighted by molar-refractivity contribution is -0.118. The smallest absolute Gasteiger partial charge is 0.407 e. The van der Waals surface area contributed by atoms with Crippen LogP contribution in [0.15, 0.2) is 97.1 Å². The molecule has 0 bridgehead atoms. The summed E-state index contributed by atoms with van der Waals surface area (Å²) in [6.45, 7) is 0.612. The van der Waals surface area contributed by atoms with Crippen LogP contribution in [0.5, 0.6) is 0 Å². The number of halogens is 1. The van der Waals surface area contributed by atoms with Crippen LogP contribution in [-0.2, 0) is 16.1 Å². The van der Waals surface area contributed by atoms with Gasteiger partial charge in [-0.2, -0.15) is 0 Å². The molecule has 0 aliphatic heterocycles. The van der Waals surface area contributed by atoms with Crippen molar-refractivity contribution < 1.29 is 28.6 Å². The summed E-state index contributed by atoms with van der Waals surface area (Å²) in [5, 5.41) is 14.6. The number of aromatic carboxylic acids is 1. The number of nitrogens with zero attached hydrogens (tertiary/aromatic N) is 1. The van der Waals surface area contributed by atoms with E-state index in [1.165, 1.54) is 12.1 Å². The van der Waals surface area contributed by atoms with Crippen LogP contribution in [-0.4, -0.2) is 54.2 Å². The first-order valence-electron chi connectivity index (χ1n) is 13.5. The second-order valence-corrected chi connectivity index (χ2v) is 10.2. The summed E-state index contributed by atoms with van der Waals surface area (Å²) in [5.74, 6) is -3.38. The minimum Gasteiger partial charge on any atom is -0.478 e. The van der Waals surface area contributed by atoms with Crippen molar-refractivity contribution in [2.75, 3.05) is 25.5 Å². The van der Waals surface area contributed by atoms with Gasteiger partial charge in [-0.05, 0) is 47.0 Å². The fraction of sp³-hybridized carbons (Fsp3) is 0.182. The van der Waals surface area contributed by atoms with Crippen LogP contribution in [0.4, 0.5) is 14.9 Å². The number of alkyl carbamates (subject to hydrolysis) is 1. The lowest BCUT2D eigenvalue weighted by Gasteiger charge is -2.25. The number of hydrogen-bond donors (Lipinski definition) is 3. The Morgan fingerprint density at radius 1 is 0.881 bits per heavy atom. The molecule has 0 radical (unpaired) electrons. The number of carbonyl (C=O) groups is 3. The normalized spacial score (nSPS) is 12.7. The van der Waals surface area contributed by atoms with Gasteiger partial charge in [0, 0.05) is 19.0 Å². The van der Waals surface area contributed by atoms with Crippen molar-refractivity contribution in [2.45, 2.75) is 18.5 Å². The summed E-state index contributed by atoms with van der Waals surface area (Å²) < 4.78 is 19.9. The number of anilines is 1. The van der Waals surface area contributed by atoms with Gasteiger partial charge in [0.25, 0.3) is 0 Å². The molecule has 4 aromatic rings. The molecular formula is C33H30FN3O5. The van der Waals surface area contributed by atoms with E-state index in [0.717, 1.165) is 33.9 Å². The fourth-order valence-corrected chi connectivity index (χ4v) is 5.31. The summed E-state index contributed by atoms with van der Waals surface area (Å²) in [7, 11) is 1.79. The van der Waals surface area contributed by atoms with Crippen LogP contribution in [0.25, 0.3) is 11.1 Å². The molecule has 3 N–H and O–H groups in total. The van der Waals surface area contributed by atoms with Crippen molar-refractivity contribution in [1.29, 1.82) is 0 Å². The third-order valence-electron chi connectivity index (χ3n) is 7.23. The van der Waals surface area contributed by atoms with Crippen LogP contribution < -0.4 is 10.6 Å². The molecule has 0 saturated heterocycles. The molecule has 2 amide bonds. The number of carboxylic acids is 1. The molecule has 0 aromatic heterocycles. The van der Waals surface area contributed by atoms with Crippen LogP contribution in [0.2, 0.25) is 0 Å². The Hall–Kier alpha value is -5.02. The molecule has 0 saturated carbocycles. The molecule has 214 valence electrons. The quantitative estimate of drug-likeness (QED) is 0.234. The molecule has 0 spiro atoms. The number of carbonyl (C=O) groups excluding carboxylic acids is 2. The zero-order valence-electron chi connectivity index (χ0n) is 22.9. The maximum atomic E-state index is 14.2. The first-order chi connectivity index (χ1) is 20.3. The molecule has 1 atom stereocenters. The van der Waals surface area contributed by atoms with Gasteiger partial charge in [-0.3, -0.25) is 9.69 Å². The molecular weight excluding hydrogens is 537 g/mol. The minimum absolute atomic E-state index is 0.0567. The van der Waals surface area contributed by atoms with E-state index in [1.54, 1.807) is 7.05 Å². The predicted molar refractivity (Wildman–Crippen MR) is 157 cm³/mol. The van der Waals surface area contributed by atoms with Gasteiger partial charge >= 0.3 is 12.1 Å². The highest BCUT2D eigenvalue weighted by atomic mass is 19.1. The topological polar surface area (TPSA) is 108 Å². The van der Waals surface area contributed by atoms with Crippen LogP contribution in [0.1, 0.15) is 33.0 Å². The molecule has 0 fully saturated rings. The second kappa shape index (κ2) is 12.7. The summed E-state index contributed by atoms with van der Waals surface area (Å²) in [6.07, 6.45) is -0.803. The van der Waals surface area contributed by atoms with Crippen molar-refractivity contribution in [3.63, 3.8) is 0 Å². The van der Waals surface area contributed by atoms with Crippen molar-refractivity contribution in [2.24, 2.45) is 0 Å². The largest absolute Gasteiger partial charge is 0.478 e. The van der Waals surface area contributed by atoms with Crippen molar-refractivity contribution in [1.82, 2.24) is 10.2 Å². The number of carboxylic acid groups (broad SMARTS) is 1. The Bertz CT molecular complexity index is 1570. The van der Waals surface area contributed by atoms with E-state index in [4.69, 9.17) is 4.74 Å². The van der Waals surface area contributed by atoms with Crippen molar-refractivity contribution >= 4 is 23.7 Å². The van der Waals surface area contributed by atoms with Gasteiger partial charge in [-0.15, -0.1) is 0 Å². The first-order valence-corrected chi connectivity index (χ1v) is 13.5. The minimum atomic E-state index is -1.52. The van der Waals surface area contributed by atoms with Crippen molar-refractivity contribution in [3.8, 4) is 11.1 Å². The SMILES string of the molecule is CN(Cc1ccccc1)CC(NC(=O)OCC1c2ccccc2-c2ccccc21)C(=O)Nc1cccc(F)c1C(=O)O. The zero-order chi connectivity index (χ0) is 29.6. The highest BCUT2D eigenvalue weighted by Crippen LogP contribution is 2.44. The Morgan fingerprint density at radius 2 is 1.50 bits per heavy atom. The van der Waals surface area contributed by atoms with Crippen LogP contribution in [0.3, 0.4) is 0 Å². The maximum absolute atomic E-state index is 14.2. The number of benzene rings is 4. The standard InChI is InChI=1S/C33H30FN3O5/c1-37(18-21-10-3-2-4-11-21)19-29(31(38)35-28-17-9-16-27(34)30(28)32(39)40)36-33(41)42-20-26-24-14-7-5-12-22(24)23-13-6-8-15-25(23)26/h2-17,26,29H,18-20H2,1H3,(H,35,38)(H,36,41)(H,39,40). The van der Waals surface area contributed by atoms with E-state index < -0.39 is 35.4 Å². The molecule has 1 aliphatic rings. The van der Waals surface area contributed by atoms with Gasteiger partial charge in [0.2, 0.25) is 5.91 Å². The van der Waals surface area contributed by atoms with Crippen LogP contribution >= 0.6 is 0 Å². The van der Waals surface area contributed by atoms with Gasteiger partial charge in [0.05, 0.1) is 5.69 Å². The average molecular weight is 568 g/mol. The first kappa shape index (κ1) is 28.5. The number of hydrogen-bond acceptors (Lipinski definition) is 5. The third-order valence-corrected chi connectivity index (χ3v) is 7.23. The lowest BCUT2D eigenvalue weighted by Crippen LogP contribution is -2.50. The van der Waals surface area contributed by atoms with Gasteiger partial charge < -0.3 is 20.5 Å². The summed E-state index contributed by atoms with van der Waals surface area (Å²) in [4.78, 5) is 40.0. The van der Waals surface area contributed by atoms with E-state index in [9.17, 15) is 23.9 Å². The molecule has 9 heteroatoms. The Kier molecular flexibility index (Phi) is 8.59. The average Bonchev–Trinajstić information content (AvgIpc) is 3.29. The number of likely N-dealkylation sites (N-methyl/N-ethyl adjacent to an activating group) is 1. The second-order valence-electron chi connectivity index (χ2n) is 10.2. The Labute approximate surface area is 242 Å². The fourth-order valence-electron chi connectivity index (χ4n) is 5.31. The molecule has 0 heterocycles. The van der Waals surface area contributed by atoms with E-state index in [-0.39, 0.29) is 24.8 Å². The molecule has 1 aliphatic carbocycles. The monoisotopic (exact) mass is 567 g/mol. The molecule has 1 unspecified atom stereocenters. The van der Waals surface area contributed by atoms with Gasteiger partial charge in [-0.1, -0.05) is 84.9 Å². The molecule has 5 rings (SSSR count). The predicted octanol–water partition coefficient (Wildman–Crippen LogP) is 5.50. The number of nitrogens with one attached hydrogen (secondary N) is 2. The molecule has 42 heavy (non-hydrogen) atoms. The molecule has 8 nitrogen and oxygen atoms in total. The summed E-state index contributed by atoms with van der Waals surface area (Å²) in [5.41, 5.74) is 4.41. The number of ether oxygens (including phenoxy) is 1. The zero-order valence-corrected chi connectivity index (χ0v) is 22.9. The highest BCUT2D eigenvalue weighted by molar-refractivity contribution is 6.03. The molecule has 4 aromatic carbocycles. The Balaban J connectivity index is 1.31. The van der Waals surface area contributed by atoms with Gasteiger partial charge in [0.1, 0.15) is 24.0 Å². The summed E-state index contributed by atoms with van der Waals surface area (Å²) in [6, 6.07) is 28.0. The van der Waals surface area contributed by atoms with Crippen molar-refractivity contribution in [3.05, 3.63) is 125 Å². The summed E-state index contributed by atoms with van der Waals surface area (Å²) >= 11 is 0. The van der Waals surface area contributed by atoms with Gasteiger partial charge in [-0.25, -0.2) is 14.0 Å². The van der Waals surface area contributed by atoms with E-state index in [0.29, 0.717) is 6.54 Å². The Morgan fingerprint density at radius 3 is 2.14 bits per heavy atom. The maximum Gasteiger partial charge on any atom is 0.407 e. The van der Waals surface area contributed by atoms with Crippen LogP contribution in [0, 0.1) is 5.82 Å². The van der Waals surface area contributed by atoms with E-state index in [2.05, 4.69) is 10.6 Å². The van der Waals surface area contributed by atoms with E-state index in [1.807, 2.05) is 83.8 Å². The van der Waals surface area contributed by atoms with Gasteiger partial charge in [0.15, 0.2) is 0 Å². The number of amides is 2. The number of rotatable bonds is 10. The number of fused-ring (bicyclic) bond motifs is 3.